The van der Waals surface area contributed by atoms with Gasteiger partial charge in [-0.15, -0.1) is 0 Å². The number of para-hydroxylation sites is 1. The van der Waals surface area contributed by atoms with E-state index in [1.807, 2.05) is 25.1 Å². The number of allylic oxidation sites excluding steroid dienone is 1. The van der Waals surface area contributed by atoms with E-state index in [1.54, 1.807) is 62.4 Å². The van der Waals surface area contributed by atoms with Crippen LogP contribution >= 0.6 is 34.2 Å². The third kappa shape index (κ3) is 5.16. The van der Waals surface area contributed by atoms with Crippen LogP contribution in [0.5, 0.6) is 0 Å². The molecular formula is C34H31ClINO6S. The molecule has 0 radical (unpaired) electrons. The lowest BCUT2D eigenvalue weighted by Crippen LogP contribution is -2.34. The highest BCUT2D eigenvalue weighted by Crippen LogP contribution is 2.57. The Hall–Kier alpha value is -3.15. The van der Waals surface area contributed by atoms with E-state index in [4.69, 9.17) is 21.1 Å². The van der Waals surface area contributed by atoms with Crippen LogP contribution in [0, 0.1) is 18.8 Å². The van der Waals surface area contributed by atoms with Gasteiger partial charge >= 0.3 is 11.9 Å². The quantitative estimate of drug-likeness (QED) is 0.104. The second kappa shape index (κ2) is 12.0. The minimum atomic E-state index is -4.14. The zero-order valence-electron chi connectivity index (χ0n) is 24.5. The summed E-state index contributed by atoms with van der Waals surface area (Å²) in [4.78, 5) is 27.7. The van der Waals surface area contributed by atoms with Gasteiger partial charge in [0.1, 0.15) is 0 Å². The first kappa shape index (κ1) is 30.9. The molecular weight excluding hydrogens is 713 g/mol. The van der Waals surface area contributed by atoms with Crippen LogP contribution in [0.1, 0.15) is 60.6 Å². The molecule has 1 saturated carbocycles. The number of fused-ring (bicyclic) bond motifs is 4. The fraction of sp³-hybridized carbons (Fsp3) is 0.294. The summed E-state index contributed by atoms with van der Waals surface area (Å²) in [6, 6.07) is 19.4. The topological polar surface area (TPSA) is 91.7 Å². The molecule has 228 valence electrons. The Labute approximate surface area is 275 Å². The summed E-state index contributed by atoms with van der Waals surface area (Å²) >= 11 is 8.89. The molecule has 44 heavy (non-hydrogen) atoms. The number of hydrogen-bond donors (Lipinski definition) is 0. The van der Waals surface area contributed by atoms with E-state index in [2.05, 4.69) is 22.6 Å². The van der Waals surface area contributed by atoms with Crippen LogP contribution < -0.4 is 0 Å². The molecule has 0 amide bonds. The fourth-order valence-electron chi connectivity index (χ4n) is 6.19. The van der Waals surface area contributed by atoms with Crippen LogP contribution in [0.3, 0.4) is 0 Å². The molecule has 0 N–H and O–H groups in total. The maximum atomic E-state index is 14.7. The highest BCUT2D eigenvalue weighted by Gasteiger charge is 2.48. The summed E-state index contributed by atoms with van der Waals surface area (Å²) in [7, 11) is -4.14. The third-order valence-electron chi connectivity index (χ3n) is 8.22. The SMILES string of the molecule is CCOC(=O)C(C(=O)OCC)[C@H]1c2cc(Cl)ccc2C(I)=C(C2CC2)c2c1c1ccccc1n2S(=O)(=O)c1ccc(C)cc1. The molecule has 1 aromatic heterocycles. The largest absolute Gasteiger partial charge is 0.465 e. The molecule has 1 fully saturated rings. The Morgan fingerprint density at radius 1 is 0.977 bits per heavy atom. The van der Waals surface area contributed by atoms with Gasteiger partial charge < -0.3 is 9.47 Å². The Morgan fingerprint density at radius 3 is 2.23 bits per heavy atom. The molecule has 3 aromatic carbocycles. The summed E-state index contributed by atoms with van der Waals surface area (Å²) in [6.07, 6.45) is 1.78. The van der Waals surface area contributed by atoms with Crippen molar-refractivity contribution in [1.82, 2.24) is 3.97 Å². The number of carbonyl (C=O) groups excluding carboxylic acids is 2. The van der Waals surface area contributed by atoms with Gasteiger partial charge in [0.15, 0.2) is 5.92 Å². The Kier molecular flexibility index (Phi) is 8.40. The lowest BCUT2D eigenvalue weighted by Gasteiger charge is -2.26. The number of nitrogens with zero attached hydrogens (tertiary/aromatic N) is 1. The summed E-state index contributed by atoms with van der Waals surface area (Å²) in [6.45, 7) is 5.38. The molecule has 0 unspecified atom stereocenters. The standard InChI is InChI=1S/C34H31ClINO6S/c1-4-42-33(38)30(34(39)43-5-2)28-25-18-21(35)14-17-23(25)31(36)27(20-12-13-20)32-29(28)24-8-6-7-9-26(24)37(32)44(40,41)22-15-10-19(3)11-16-22/h6-11,14-18,20,28,30H,4-5,12-13H2,1-3H3/t28-/m0/s1. The van der Waals surface area contributed by atoms with Crippen molar-refractivity contribution in [3.63, 3.8) is 0 Å². The van der Waals surface area contributed by atoms with Crippen LogP contribution in [-0.4, -0.2) is 37.5 Å². The molecule has 1 atom stereocenters. The monoisotopic (exact) mass is 743 g/mol. The first-order chi connectivity index (χ1) is 21.1. The number of aryl methyl sites for hydroxylation is 1. The van der Waals surface area contributed by atoms with E-state index in [1.165, 1.54) is 3.97 Å². The zero-order chi connectivity index (χ0) is 31.3. The number of halogens is 2. The van der Waals surface area contributed by atoms with E-state index in [0.29, 0.717) is 32.7 Å². The van der Waals surface area contributed by atoms with Crippen LogP contribution in [-0.2, 0) is 29.1 Å². The second-order valence-electron chi connectivity index (χ2n) is 11.1. The van der Waals surface area contributed by atoms with Gasteiger partial charge in [-0.25, -0.2) is 12.4 Å². The van der Waals surface area contributed by atoms with E-state index in [0.717, 1.165) is 33.1 Å². The van der Waals surface area contributed by atoms with Crippen molar-refractivity contribution < 1.29 is 27.5 Å². The van der Waals surface area contributed by atoms with Gasteiger partial charge in [-0.1, -0.05) is 53.6 Å². The summed E-state index contributed by atoms with van der Waals surface area (Å²) in [5.41, 5.74) is 4.76. The van der Waals surface area contributed by atoms with Crippen molar-refractivity contribution in [2.24, 2.45) is 11.8 Å². The van der Waals surface area contributed by atoms with Crippen LogP contribution in [0.25, 0.3) is 20.1 Å². The van der Waals surface area contributed by atoms with E-state index in [-0.39, 0.29) is 24.0 Å². The van der Waals surface area contributed by atoms with Gasteiger partial charge in [-0.3, -0.25) is 9.59 Å². The fourth-order valence-corrected chi connectivity index (χ4v) is 9.10. The minimum Gasteiger partial charge on any atom is -0.465 e. The predicted molar refractivity (Wildman–Crippen MR) is 179 cm³/mol. The molecule has 0 spiro atoms. The molecule has 4 aromatic rings. The molecule has 0 saturated heterocycles. The molecule has 1 heterocycles. The molecule has 2 aliphatic rings. The van der Waals surface area contributed by atoms with E-state index in [9.17, 15) is 18.0 Å². The van der Waals surface area contributed by atoms with Crippen molar-refractivity contribution in [3.05, 3.63) is 99.7 Å². The molecule has 7 nitrogen and oxygen atoms in total. The van der Waals surface area contributed by atoms with Gasteiger partial charge in [0.05, 0.1) is 29.3 Å². The number of ether oxygens (including phenoxy) is 2. The Balaban J connectivity index is 1.80. The van der Waals surface area contributed by atoms with Crippen LogP contribution in [0.4, 0.5) is 0 Å². The van der Waals surface area contributed by atoms with Crippen molar-refractivity contribution in [1.29, 1.82) is 0 Å². The first-order valence-corrected chi connectivity index (χ1v) is 17.5. The lowest BCUT2D eigenvalue weighted by molar-refractivity contribution is -0.162. The second-order valence-corrected chi connectivity index (χ2v) is 14.4. The maximum Gasteiger partial charge on any atom is 0.321 e. The highest BCUT2D eigenvalue weighted by atomic mass is 127. The average molecular weight is 744 g/mol. The van der Waals surface area contributed by atoms with Crippen LogP contribution in [0.2, 0.25) is 5.02 Å². The summed E-state index contributed by atoms with van der Waals surface area (Å²) in [5, 5.41) is 1.05. The molecule has 0 aliphatic heterocycles. The van der Waals surface area contributed by atoms with Crippen LogP contribution in [0.15, 0.2) is 71.6 Å². The van der Waals surface area contributed by atoms with Gasteiger partial charge in [0.25, 0.3) is 10.0 Å². The van der Waals surface area contributed by atoms with E-state index >= 15 is 0 Å². The number of esters is 2. The van der Waals surface area contributed by atoms with Gasteiger partial charge in [0, 0.05) is 19.9 Å². The smallest absolute Gasteiger partial charge is 0.321 e. The summed E-state index contributed by atoms with van der Waals surface area (Å²) < 4.78 is 42.7. The molecule has 10 heteroatoms. The molecule has 6 rings (SSSR count). The Bertz CT molecular complexity index is 1920. The zero-order valence-corrected chi connectivity index (χ0v) is 28.2. The van der Waals surface area contributed by atoms with Gasteiger partial charge in [0.2, 0.25) is 0 Å². The maximum absolute atomic E-state index is 14.7. The molecule has 2 aliphatic carbocycles. The number of carbonyl (C=O) groups is 2. The average Bonchev–Trinajstić information content (AvgIpc) is 3.78. The van der Waals surface area contributed by atoms with E-state index < -0.39 is 33.8 Å². The number of aromatic nitrogens is 1. The molecule has 0 bridgehead atoms. The van der Waals surface area contributed by atoms with Crippen molar-refractivity contribution in [3.8, 4) is 0 Å². The number of hydrogen-bond acceptors (Lipinski definition) is 6. The van der Waals surface area contributed by atoms with Crippen molar-refractivity contribution in [2.75, 3.05) is 13.2 Å². The normalized spacial score (nSPS) is 16.5. The Morgan fingerprint density at radius 2 is 1.61 bits per heavy atom. The van der Waals surface area contributed by atoms with Crippen molar-refractivity contribution in [2.45, 2.75) is 44.4 Å². The van der Waals surface area contributed by atoms with Gasteiger partial charge in [-0.2, -0.15) is 0 Å². The lowest BCUT2D eigenvalue weighted by atomic mass is 9.78. The third-order valence-corrected chi connectivity index (χ3v) is 11.3. The highest BCUT2D eigenvalue weighted by molar-refractivity contribution is 14.1. The minimum absolute atomic E-state index is 0.0589. The summed E-state index contributed by atoms with van der Waals surface area (Å²) in [5.74, 6) is -3.73. The number of rotatable bonds is 8. The predicted octanol–water partition coefficient (Wildman–Crippen LogP) is 7.74. The van der Waals surface area contributed by atoms with Crippen molar-refractivity contribution >= 4 is 76.2 Å². The first-order valence-electron chi connectivity index (χ1n) is 14.6. The number of benzene rings is 3. The van der Waals surface area contributed by atoms with Gasteiger partial charge in [-0.05, 0) is 115 Å².